The average molecular weight is 434 g/mol. The van der Waals surface area contributed by atoms with Gasteiger partial charge in [-0.15, -0.1) is 5.10 Å². The van der Waals surface area contributed by atoms with Gasteiger partial charge in [0.1, 0.15) is 11.6 Å². The molecular formula is C24H17Cl2N3O. The molecule has 5 rings (SSSR count). The zero-order valence-electron chi connectivity index (χ0n) is 15.9. The molecule has 2 unspecified atom stereocenters. The minimum Gasteiger partial charge on any atom is -0.292 e. The first-order valence-corrected chi connectivity index (χ1v) is 10.4. The first-order chi connectivity index (χ1) is 14.6. The number of benzene rings is 3. The first-order valence-electron chi connectivity index (χ1n) is 9.66. The highest BCUT2D eigenvalue weighted by molar-refractivity contribution is 6.30. The Morgan fingerprint density at radius 3 is 2.27 bits per heavy atom. The highest BCUT2D eigenvalue weighted by Gasteiger charge is 2.36. The Morgan fingerprint density at radius 1 is 0.867 bits per heavy atom. The Labute approximate surface area is 183 Å². The lowest BCUT2D eigenvalue weighted by Crippen LogP contribution is -2.29. The highest BCUT2D eigenvalue weighted by Crippen LogP contribution is 2.43. The molecule has 0 amide bonds. The fourth-order valence-corrected chi connectivity index (χ4v) is 4.37. The second-order valence-electron chi connectivity index (χ2n) is 7.41. The average Bonchev–Trinajstić information content (AvgIpc) is 3.18. The van der Waals surface area contributed by atoms with Gasteiger partial charge in [-0.2, -0.15) is 0 Å². The Balaban J connectivity index is 1.64. The van der Waals surface area contributed by atoms with E-state index in [9.17, 15) is 4.79 Å². The molecule has 3 aromatic carbocycles. The molecule has 30 heavy (non-hydrogen) atoms. The second kappa shape index (κ2) is 7.71. The monoisotopic (exact) mass is 433 g/mol. The molecule has 1 aromatic heterocycles. The third kappa shape index (κ3) is 3.42. The Bertz CT molecular complexity index is 1260. The van der Waals surface area contributed by atoms with Gasteiger partial charge in [0.15, 0.2) is 5.78 Å². The highest BCUT2D eigenvalue weighted by atomic mass is 35.5. The van der Waals surface area contributed by atoms with Crippen molar-refractivity contribution in [2.75, 3.05) is 0 Å². The van der Waals surface area contributed by atoms with E-state index in [0.717, 1.165) is 27.7 Å². The van der Waals surface area contributed by atoms with E-state index in [1.54, 1.807) is 10.8 Å². The molecule has 0 spiro atoms. The molecule has 0 aliphatic heterocycles. The van der Waals surface area contributed by atoms with E-state index in [1.807, 2.05) is 72.8 Å². The van der Waals surface area contributed by atoms with Gasteiger partial charge in [0.25, 0.3) is 0 Å². The summed E-state index contributed by atoms with van der Waals surface area (Å²) >= 11 is 12.2. The summed E-state index contributed by atoms with van der Waals surface area (Å²) in [5.41, 5.74) is 4.63. The van der Waals surface area contributed by atoms with Gasteiger partial charge in [-0.05, 0) is 65.6 Å². The molecule has 0 radical (unpaired) electrons. The molecule has 0 saturated carbocycles. The molecule has 1 aliphatic rings. The number of carbonyl (C=O) groups is 1. The molecule has 6 heteroatoms. The minimum absolute atomic E-state index is 0.00167. The summed E-state index contributed by atoms with van der Waals surface area (Å²) in [5.74, 6) is -0.0997. The zero-order chi connectivity index (χ0) is 20.7. The van der Waals surface area contributed by atoms with Crippen LogP contribution >= 0.6 is 23.2 Å². The first kappa shape index (κ1) is 19.0. The van der Waals surface area contributed by atoms with Gasteiger partial charge in [0, 0.05) is 16.0 Å². The number of nitrogens with zero attached hydrogens (tertiary/aromatic N) is 3. The van der Waals surface area contributed by atoms with Gasteiger partial charge < -0.3 is 0 Å². The van der Waals surface area contributed by atoms with Crippen molar-refractivity contribution in [2.45, 2.75) is 18.4 Å². The van der Waals surface area contributed by atoms with Crippen LogP contribution in [0.15, 0.2) is 78.9 Å². The van der Waals surface area contributed by atoms with Crippen molar-refractivity contribution in [3.63, 3.8) is 0 Å². The van der Waals surface area contributed by atoms with Crippen molar-refractivity contribution in [3.05, 3.63) is 100 Å². The van der Waals surface area contributed by atoms with E-state index in [0.29, 0.717) is 16.5 Å². The number of rotatable bonds is 3. The lowest BCUT2D eigenvalue weighted by Gasteiger charge is -2.31. The predicted octanol–water partition coefficient (Wildman–Crippen LogP) is 6.12. The summed E-state index contributed by atoms with van der Waals surface area (Å²) < 4.78 is 1.76. The van der Waals surface area contributed by atoms with Crippen LogP contribution in [0, 0.1) is 0 Å². The van der Waals surface area contributed by atoms with E-state index >= 15 is 0 Å². The lowest BCUT2D eigenvalue weighted by atomic mass is 9.77. The van der Waals surface area contributed by atoms with E-state index in [4.69, 9.17) is 23.2 Å². The Morgan fingerprint density at radius 2 is 1.53 bits per heavy atom. The van der Waals surface area contributed by atoms with Crippen LogP contribution in [0.4, 0.5) is 0 Å². The van der Waals surface area contributed by atoms with E-state index in [2.05, 4.69) is 10.3 Å². The van der Waals surface area contributed by atoms with Crippen LogP contribution in [0.5, 0.6) is 0 Å². The predicted molar refractivity (Wildman–Crippen MR) is 120 cm³/mol. The molecule has 4 nitrogen and oxygen atoms in total. The molecule has 1 aliphatic carbocycles. The fraction of sp³-hybridized carbons (Fsp3) is 0.125. The molecule has 0 N–H and O–H groups in total. The van der Waals surface area contributed by atoms with E-state index < -0.39 is 6.04 Å². The molecule has 1 heterocycles. The van der Waals surface area contributed by atoms with Crippen LogP contribution in [0.1, 0.15) is 29.5 Å². The molecule has 0 saturated heterocycles. The quantitative estimate of drug-likeness (QED) is 0.390. The smallest absolute Gasteiger partial charge is 0.181 e. The number of para-hydroxylation sites is 1. The summed E-state index contributed by atoms with van der Waals surface area (Å²) in [7, 11) is 0. The number of hydrogen-bond acceptors (Lipinski definition) is 3. The SMILES string of the molecule is O=C1C=C(c2ccc(Cl)cc2)CC(c2ccc(Cl)cc2)C1n1nnc2ccccc21. The number of hydrogen-bond donors (Lipinski definition) is 0. The number of fused-ring (bicyclic) bond motifs is 1. The number of carbonyl (C=O) groups excluding carboxylic acids is 1. The van der Waals surface area contributed by atoms with Gasteiger partial charge in [-0.3, -0.25) is 4.79 Å². The lowest BCUT2D eigenvalue weighted by molar-refractivity contribution is -0.118. The zero-order valence-corrected chi connectivity index (χ0v) is 17.4. The second-order valence-corrected chi connectivity index (χ2v) is 8.28. The van der Waals surface area contributed by atoms with Crippen molar-refractivity contribution in [3.8, 4) is 0 Å². The molecular weight excluding hydrogens is 417 g/mol. The molecule has 0 fully saturated rings. The normalized spacial score (nSPS) is 19.1. The summed E-state index contributed by atoms with van der Waals surface area (Å²) in [6.45, 7) is 0. The summed E-state index contributed by atoms with van der Waals surface area (Å²) in [5, 5.41) is 9.94. The largest absolute Gasteiger partial charge is 0.292 e. The van der Waals surface area contributed by atoms with Crippen LogP contribution in [0.3, 0.4) is 0 Å². The number of aromatic nitrogens is 3. The maximum Gasteiger partial charge on any atom is 0.181 e. The van der Waals surface area contributed by atoms with E-state index in [-0.39, 0.29) is 11.7 Å². The van der Waals surface area contributed by atoms with Crippen LogP contribution in [0.2, 0.25) is 10.0 Å². The summed E-state index contributed by atoms with van der Waals surface area (Å²) in [4.78, 5) is 13.4. The molecule has 2 atom stereocenters. The van der Waals surface area contributed by atoms with Crippen molar-refractivity contribution in [1.82, 2.24) is 15.0 Å². The molecule has 0 bridgehead atoms. The topological polar surface area (TPSA) is 47.8 Å². The van der Waals surface area contributed by atoms with Gasteiger partial charge in [0.2, 0.25) is 0 Å². The Hall–Kier alpha value is -2.95. The minimum atomic E-state index is -0.477. The van der Waals surface area contributed by atoms with Gasteiger partial charge in [-0.25, -0.2) is 4.68 Å². The van der Waals surface area contributed by atoms with Crippen LogP contribution in [0.25, 0.3) is 16.6 Å². The van der Waals surface area contributed by atoms with Crippen molar-refractivity contribution in [1.29, 1.82) is 0 Å². The van der Waals surface area contributed by atoms with Gasteiger partial charge in [0.05, 0.1) is 5.52 Å². The maximum atomic E-state index is 13.4. The van der Waals surface area contributed by atoms with Crippen LogP contribution in [-0.4, -0.2) is 20.8 Å². The van der Waals surface area contributed by atoms with E-state index in [1.165, 1.54) is 0 Å². The van der Waals surface area contributed by atoms with Crippen LogP contribution < -0.4 is 0 Å². The molecule has 4 aromatic rings. The third-order valence-electron chi connectivity index (χ3n) is 5.58. The van der Waals surface area contributed by atoms with Crippen molar-refractivity contribution >= 4 is 45.6 Å². The van der Waals surface area contributed by atoms with Gasteiger partial charge >= 0.3 is 0 Å². The summed E-state index contributed by atoms with van der Waals surface area (Å²) in [6, 6.07) is 22.5. The van der Waals surface area contributed by atoms with Gasteiger partial charge in [-0.1, -0.05) is 64.8 Å². The van der Waals surface area contributed by atoms with Crippen LogP contribution in [-0.2, 0) is 4.79 Å². The number of ketones is 1. The number of halogens is 2. The fourth-order valence-electron chi connectivity index (χ4n) is 4.12. The Kier molecular flexibility index (Phi) is 4.89. The standard InChI is InChI=1S/C24H17Cl2N3O/c25-18-9-5-15(6-10-18)17-13-20(16-7-11-19(26)12-8-16)24(23(30)14-17)29-22-4-2-1-3-21(22)27-28-29/h1-12,14,20,24H,13H2. The molecule has 148 valence electrons. The van der Waals surface area contributed by atoms with Crippen molar-refractivity contribution in [2.24, 2.45) is 0 Å². The van der Waals surface area contributed by atoms with Crippen molar-refractivity contribution < 1.29 is 4.79 Å². The number of allylic oxidation sites excluding steroid dienone is 2. The summed E-state index contributed by atoms with van der Waals surface area (Å²) in [6.07, 6.45) is 2.42. The third-order valence-corrected chi connectivity index (χ3v) is 6.09. The maximum absolute atomic E-state index is 13.4.